The molecule has 0 amide bonds. The normalized spacial score (nSPS) is 19.7. The number of benzene rings is 1. The van der Waals surface area contributed by atoms with E-state index in [1.165, 1.54) is 44.1 Å². The van der Waals surface area contributed by atoms with Gasteiger partial charge >= 0.3 is 0 Å². The zero-order chi connectivity index (χ0) is 15.3. The molecular weight excluding hydrogens is 280 g/mol. The van der Waals surface area contributed by atoms with Crippen molar-refractivity contribution in [1.29, 1.82) is 0 Å². The van der Waals surface area contributed by atoms with Gasteiger partial charge in [0.15, 0.2) is 0 Å². The van der Waals surface area contributed by atoms with Gasteiger partial charge in [0.25, 0.3) is 0 Å². The van der Waals surface area contributed by atoms with E-state index in [4.69, 9.17) is 11.6 Å². The van der Waals surface area contributed by atoms with Crippen LogP contribution < -0.4 is 5.32 Å². The highest BCUT2D eigenvalue weighted by molar-refractivity contribution is 6.31. The smallest absolute Gasteiger partial charge is 0.0453 e. The molecule has 1 saturated carbocycles. The van der Waals surface area contributed by atoms with E-state index in [2.05, 4.69) is 43.4 Å². The van der Waals surface area contributed by atoms with E-state index < -0.39 is 0 Å². The average molecular weight is 309 g/mol. The van der Waals surface area contributed by atoms with Gasteiger partial charge < -0.3 is 5.32 Å². The van der Waals surface area contributed by atoms with Crippen molar-refractivity contribution in [3.05, 3.63) is 34.9 Å². The molecule has 1 fully saturated rings. The molecule has 1 aliphatic carbocycles. The summed E-state index contributed by atoms with van der Waals surface area (Å²) in [5.74, 6) is 0. The molecule has 0 saturated heterocycles. The summed E-state index contributed by atoms with van der Waals surface area (Å²) in [4.78, 5) is 2.43. The largest absolute Gasteiger partial charge is 0.314 e. The summed E-state index contributed by atoms with van der Waals surface area (Å²) in [6.07, 6.45) is 7.98. The Morgan fingerprint density at radius 1 is 1.24 bits per heavy atom. The number of halogens is 1. The molecule has 2 rings (SSSR count). The van der Waals surface area contributed by atoms with E-state index in [-0.39, 0.29) is 0 Å². The fourth-order valence-corrected chi connectivity index (χ4v) is 3.78. The van der Waals surface area contributed by atoms with Gasteiger partial charge in [0, 0.05) is 23.1 Å². The zero-order valence-corrected chi connectivity index (χ0v) is 14.4. The van der Waals surface area contributed by atoms with Crippen molar-refractivity contribution in [2.24, 2.45) is 0 Å². The molecule has 21 heavy (non-hydrogen) atoms. The molecule has 0 aromatic heterocycles. The van der Waals surface area contributed by atoms with Crippen LogP contribution in [0.4, 0.5) is 0 Å². The molecule has 1 aromatic carbocycles. The minimum atomic E-state index is 0.354. The van der Waals surface area contributed by atoms with Crippen LogP contribution in [0.3, 0.4) is 0 Å². The lowest BCUT2D eigenvalue weighted by Gasteiger charge is -2.39. The first kappa shape index (κ1) is 16.8. The Bertz CT molecular complexity index is 441. The zero-order valence-electron chi connectivity index (χ0n) is 13.7. The van der Waals surface area contributed by atoms with Gasteiger partial charge in [-0.2, -0.15) is 0 Å². The molecule has 1 aliphatic rings. The van der Waals surface area contributed by atoms with Gasteiger partial charge in [0.2, 0.25) is 0 Å². The van der Waals surface area contributed by atoms with Crippen molar-refractivity contribution in [3.8, 4) is 0 Å². The summed E-state index contributed by atoms with van der Waals surface area (Å²) in [6, 6.07) is 8.55. The fraction of sp³-hybridized carbons (Fsp3) is 0.667. The molecule has 0 spiro atoms. The molecule has 3 heteroatoms. The van der Waals surface area contributed by atoms with E-state index >= 15 is 0 Å². The second-order valence-corrected chi connectivity index (χ2v) is 6.93. The van der Waals surface area contributed by atoms with Crippen LogP contribution in [0.5, 0.6) is 0 Å². The fourth-order valence-electron chi connectivity index (χ4n) is 3.49. The maximum atomic E-state index is 6.33. The Morgan fingerprint density at radius 2 is 1.90 bits per heavy atom. The number of nitrogens with zero attached hydrogens (tertiary/aromatic N) is 1. The highest BCUT2D eigenvalue weighted by Gasteiger charge is 2.30. The molecule has 0 radical (unpaired) electrons. The summed E-state index contributed by atoms with van der Waals surface area (Å²) in [5.41, 5.74) is 1.58. The van der Waals surface area contributed by atoms with Crippen molar-refractivity contribution in [3.63, 3.8) is 0 Å². The van der Waals surface area contributed by atoms with Crippen molar-refractivity contribution in [2.45, 2.75) is 57.0 Å². The van der Waals surface area contributed by atoms with Crippen molar-refractivity contribution in [2.75, 3.05) is 20.6 Å². The molecule has 0 aliphatic heterocycles. The Hall–Kier alpha value is -0.570. The van der Waals surface area contributed by atoms with E-state index in [0.717, 1.165) is 11.6 Å². The summed E-state index contributed by atoms with van der Waals surface area (Å²) >= 11 is 6.33. The molecule has 1 aromatic rings. The number of hydrogen-bond donors (Lipinski definition) is 1. The van der Waals surface area contributed by atoms with Crippen molar-refractivity contribution >= 4 is 11.6 Å². The third-order valence-corrected chi connectivity index (χ3v) is 5.64. The van der Waals surface area contributed by atoms with E-state index in [9.17, 15) is 0 Å². The van der Waals surface area contributed by atoms with Gasteiger partial charge in [-0.15, -0.1) is 0 Å². The van der Waals surface area contributed by atoms with Crippen LogP contribution >= 0.6 is 11.6 Å². The standard InChI is InChI=1S/C18H29ClN2/c1-15(16-9-5-6-10-17(16)19)21(3)14-13-18(20-2)11-7-4-8-12-18/h5-6,9-10,15,20H,4,7-8,11-14H2,1-3H3. The third-order valence-electron chi connectivity index (χ3n) is 5.30. The van der Waals surface area contributed by atoms with Gasteiger partial charge in [0.05, 0.1) is 0 Å². The van der Waals surface area contributed by atoms with E-state index in [0.29, 0.717) is 11.6 Å². The Morgan fingerprint density at radius 3 is 2.52 bits per heavy atom. The van der Waals surface area contributed by atoms with Crippen LogP contribution in [-0.2, 0) is 0 Å². The second-order valence-electron chi connectivity index (χ2n) is 6.52. The maximum absolute atomic E-state index is 6.33. The first-order valence-electron chi connectivity index (χ1n) is 8.21. The Balaban J connectivity index is 1.94. The molecule has 1 N–H and O–H groups in total. The molecule has 2 nitrogen and oxygen atoms in total. The average Bonchev–Trinajstić information content (AvgIpc) is 2.53. The molecule has 1 unspecified atom stereocenters. The van der Waals surface area contributed by atoms with Crippen molar-refractivity contribution in [1.82, 2.24) is 10.2 Å². The minimum Gasteiger partial charge on any atom is -0.314 e. The van der Waals surface area contributed by atoms with Crippen LogP contribution in [-0.4, -0.2) is 31.1 Å². The van der Waals surface area contributed by atoms with Crippen LogP contribution in [0.15, 0.2) is 24.3 Å². The lowest BCUT2D eigenvalue weighted by Crippen LogP contribution is -2.46. The minimum absolute atomic E-state index is 0.354. The van der Waals surface area contributed by atoms with Gasteiger partial charge in [-0.1, -0.05) is 49.1 Å². The molecular formula is C18H29ClN2. The van der Waals surface area contributed by atoms with Crippen molar-refractivity contribution < 1.29 is 0 Å². The maximum Gasteiger partial charge on any atom is 0.0453 e. The molecule has 0 heterocycles. The summed E-state index contributed by atoms with van der Waals surface area (Å²) in [7, 11) is 4.34. The number of rotatable bonds is 6. The van der Waals surface area contributed by atoms with E-state index in [1.54, 1.807) is 0 Å². The van der Waals surface area contributed by atoms with Crippen LogP contribution in [0, 0.1) is 0 Å². The Kier molecular flexibility index (Phi) is 6.09. The van der Waals surface area contributed by atoms with Crippen LogP contribution in [0.25, 0.3) is 0 Å². The summed E-state index contributed by atoms with van der Waals surface area (Å²) < 4.78 is 0. The SMILES string of the molecule is CNC1(CCN(C)C(C)c2ccccc2Cl)CCCCC1. The van der Waals surface area contributed by atoms with Gasteiger partial charge in [0.1, 0.15) is 0 Å². The molecule has 0 bridgehead atoms. The van der Waals surface area contributed by atoms with E-state index in [1.807, 2.05) is 12.1 Å². The topological polar surface area (TPSA) is 15.3 Å². The second kappa shape index (κ2) is 7.62. The van der Waals surface area contributed by atoms with Crippen LogP contribution in [0.2, 0.25) is 5.02 Å². The predicted molar refractivity (Wildman–Crippen MR) is 92.0 cm³/mol. The van der Waals surface area contributed by atoms with Gasteiger partial charge in [-0.05, 0) is 51.9 Å². The summed E-state index contributed by atoms with van der Waals surface area (Å²) in [5, 5.41) is 4.48. The number of hydrogen-bond acceptors (Lipinski definition) is 2. The first-order valence-corrected chi connectivity index (χ1v) is 8.59. The highest BCUT2D eigenvalue weighted by atomic mass is 35.5. The highest BCUT2D eigenvalue weighted by Crippen LogP contribution is 2.32. The predicted octanol–water partition coefficient (Wildman–Crippen LogP) is 4.65. The van der Waals surface area contributed by atoms with Gasteiger partial charge in [-0.3, -0.25) is 4.90 Å². The molecule has 1 atom stereocenters. The summed E-state index contributed by atoms with van der Waals surface area (Å²) in [6.45, 7) is 3.35. The molecule has 118 valence electrons. The van der Waals surface area contributed by atoms with Gasteiger partial charge in [-0.25, -0.2) is 0 Å². The van der Waals surface area contributed by atoms with Crippen LogP contribution in [0.1, 0.15) is 57.1 Å². The third kappa shape index (κ3) is 4.21. The lowest BCUT2D eigenvalue weighted by molar-refractivity contribution is 0.177. The lowest BCUT2D eigenvalue weighted by atomic mass is 9.79. The quantitative estimate of drug-likeness (QED) is 0.823. The Labute approximate surface area is 134 Å². The monoisotopic (exact) mass is 308 g/mol. The number of nitrogens with one attached hydrogen (secondary N) is 1. The first-order chi connectivity index (χ1) is 10.1.